The third-order valence-electron chi connectivity index (χ3n) is 6.67. The molecule has 0 radical (unpaired) electrons. The minimum absolute atomic E-state index is 0.209. The summed E-state index contributed by atoms with van der Waals surface area (Å²) in [5, 5.41) is 12.2. The van der Waals surface area contributed by atoms with Gasteiger partial charge in [0.1, 0.15) is 46.6 Å². The first-order chi connectivity index (χ1) is 18.7. The van der Waals surface area contributed by atoms with Gasteiger partial charge >= 0.3 is 6.03 Å². The summed E-state index contributed by atoms with van der Waals surface area (Å²) in [6, 6.07) is 6.50. The number of hydrogen-bond acceptors (Lipinski definition) is 10. The van der Waals surface area contributed by atoms with E-state index in [0.29, 0.717) is 44.8 Å². The van der Waals surface area contributed by atoms with Crippen LogP contribution in [0.2, 0.25) is 0 Å². The SMILES string of the molecule is COCC1(Oc2cc(NC(=O)N(C)c3ccc(CN(C)CCN(C)CC=O)c(C=O)n3)ncc2C#N)CCC1. The van der Waals surface area contributed by atoms with E-state index in [1.54, 1.807) is 19.2 Å². The number of nitriles is 1. The fraction of sp³-hybridized carbons (Fsp3) is 0.481. The van der Waals surface area contributed by atoms with Gasteiger partial charge in [-0.3, -0.25) is 19.9 Å². The van der Waals surface area contributed by atoms with Gasteiger partial charge in [-0.1, -0.05) is 6.07 Å². The zero-order valence-electron chi connectivity index (χ0n) is 22.8. The number of ether oxygens (including phenoxy) is 2. The molecule has 0 bridgehead atoms. The maximum Gasteiger partial charge on any atom is 0.328 e. The first kappa shape index (κ1) is 29.6. The molecule has 0 atom stereocenters. The molecule has 1 aliphatic carbocycles. The summed E-state index contributed by atoms with van der Waals surface area (Å²) >= 11 is 0. The molecule has 2 aromatic rings. The number of urea groups is 1. The molecule has 12 nitrogen and oxygen atoms in total. The van der Waals surface area contributed by atoms with E-state index in [2.05, 4.69) is 21.4 Å². The second kappa shape index (κ2) is 13.7. The van der Waals surface area contributed by atoms with E-state index in [1.807, 2.05) is 23.9 Å². The van der Waals surface area contributed by atoms with Crippen molar-refractivity contribution in [2.24, 2.45) is 0 Å². The van der Waals surface area contributed by atoms with Crippen LogP contribution >= 0.6 is 0 Å². The number of methoxy groups -OCH3 is 1. The Hall–Kier alpha value is -3.92. The molecule has 208 valence electrons. The topological polar surface area (TPSA) is 141 Å². The Morgan fingerprint density at radius 3 is 2.56 bits per heavy atom. The van der Waals surface area contributed by atoms with Crippen LogP contribution < -0.4 is 15.0 Å². The molecule has 1 fully saturated rings. The van der Waals surface area contributed by atoms with E-state index in [4.69, 9.17) is 9.47 Å². The molecular formula is C27H35N7O5. The summed E-state index contributed by atoms with van der Waals surface area (Å²) in [6.07, 6.45) is 5.51. The zero-order valence-corrected chi connectivity index (χ0v) is 22.8. The second-order valence-corrected chi connectivity index (χ2v) is 9.74. The van der Waals surface area contributed by atoms with E-state index >= 15 is 0 Å². The standard InChI is InChI=1S/C27H35N7O5/c1-32(12-13-35)10-11-33(2)17-20-6-7-25(30-22(20)18-36)34(3)26(37)31-24-14-23(21(15-28)16-29-24)39-27(19-38-4)8-5-9-27/h6-7,13-14,16,18H,5,8-12,17,19H2,1-4H3,(H,29,31,37). The lowest BCUT2D eigenvalue weighted by Crippen LogP contribution is -2.47. The number of nitrogens with zero attached hydrogens (tertiary/aromatic N) is 6. The molecule has 0 spiro atoms. The molecular weight excluding hydrogens is 502 g/mol. The van der Waals surface area contributed by atoms with Crippen molar-refractivity contribution in [2.75, 3.05) is 64.7 Å². The van der Waals surface area contributed by atoms with Crippen molar-refractivity contribution >= 4 is 30.2 Å². The summed E-state index contributed by atoms with van der Waals surface area (Å²) in [5.74, 6) is 0.820. The highest BCUT2D eigenvalue weighted by Crippen LogP contribution is 2.38. The third kappa shape index (κ3) is 7.79. The van der Waals surface area contributed by atoms with Crippen molar-refractivity contribution in [3.63, 3.8) is 0 Å². The van der Waals surface area contributed by atoms with Gasteiger partial charge in [-0.25, -0.2) is 14.8 Å². The summed E-state index contributed by atoms with van der Waals surface area (Å²) < 4.78 is 11.5. The average molecular weight is 538 g/mol. The molecule has 1 N–H and O–H groups in total. The maximum absolute atomic E-state index is 13.0. The monoisotopic (exact) mass is 537 g/mol. The lowest BCUT2D eigenvalue weighted by molar-refractivity contribution is -0.108. The van der Waals surface area contributed by atoms with Crippen LogP contribution in [-0.2, 0) is 16.1 Å². The number of rotatable bonds is 14. The number of anilines is 2. The van der Waals surface area contributed by atoms with Gasteiger partial charge in [0.2, 0.25) is 0 Å². The second-order valence-electron chi connectivity index (χ2n) is 9.74. The molecule has 0 aromatic carbocycles. The van der Waals surface area contributed by atoms with Crippen molar-refractivity contribution < 1.29 is 23.9 Å². The summed E-state index contributed by atoms with van der Waals surface area (Å²) in [4.78, 5) is 49.1. The quantitative estimate of drug-likeness (QED) is 0.357. The number of hydrogen-bond donors (Lipinski definition) is 1. The molecule has 39 heavy (non-hydrogen) atoms. The molecule has 2 heterocycles. The Labute approximate surface area is 228 Å². The van der Waals surface area contributed by atoms with Gasteiger partial charge in [-0.15, -0.1) is 0 Å². The third-order valence-corrected chi connectivity index (χ3v) is 6.67. The number of aldehydes is 2. The highest BCUT2D eigenvalue weighted by atomic mass is 16.5. The van der Waals surface area contributed by atoms with Crippen molar-refractivity contribution in [1.29, 1.82) is 5.26 Å². The van der Waals surface area contributed by atoms with Crippen LogP contribution in [0.5, 0.6) is 5.75 Å². The lowest BCUT2D eigenvalue weighted by atomic mass is 9.80. The Morgan fingerprint density at radius 2 is 1.95 bits per heavy atom. The van der Waals surface area contributed by atoms with Gasteiger partial charge in [-0.05, 0) is 45.0 Å². The van der Waals surface area contributed by atoms with Crippen molar-refractivity contribution in [2.45, 2.75) is 31.4 Å². The number of pyridine rings is 2. The lowest BCUT2D eigenvalue weighted by Gasteiger charge is -2.41. The first-order valence-electron chi connectivity index (χ1n) is 12.6. The Balaban J connectivity index is 1.68. The van der Waals surface area contributed by atoms with Crippen molar-refractivity contribution in [3.8, 4) is 11.8 Å². The zero-order chi connectivity index (χ0) is 28.4. The molecule has 0 unspecified atom stereocenters. The van der Waals surface area contributed by atoms with Gasteiger partial charge < -0.3 is 19.2 Å². The summed E-state index contributed by atoms with van der Waals surface area (Å²) in [7, 11) is 6.92. The number of amides is 2. The van der Waals surface area contributed by atoms with Crippen LogP contribution in [0.4, 0.5) is 16.4 Å². The van der Waals surface area contributed by atoms with Crippen LogP contribution in [0.25, 0.3) is 0 Å². The predicted molar refractivity (Wildman–Crippen MR) is 145 cm³/mol. The predicted octanol–water partition coefficient (Wildman–Crippen LogP) is 2.34. The molecule has 2 aromatic heterocycles. The molecule has 0 saturated heterocycles. The normalized spacial score (nSPS) is 13.9. The fourth-order valence-corrected chi connectivity index (χ4v) is 4.16. The number of nitrogens with one attached hydrogen (secondary N) is 1. The van der Waals surface area contributed by atoms with Crippen LogP contribution in [0, 0.1) is 11.3 Å². The van der Waals surface area contributed by atoms with Gasteiger partial charge in [-0.2, -0.15) is 5.26 Å². The smallest absolute Gasteiger partial charge is 0.328 e. The largest absolute Gasteiger partial charge is 0.483 e. The number of carbonyl (C=O) groups is 3. The van der Waals surface area contributed by atoms with Gasteiger partial charge in [0.05, 0.1) is 19.3 Å². The number of likely N-dealkylation sites (N-methyl/N-ethyl adjacent to an activating group) is 2. The van der Waals surface area contributed by atoms with Crippen LogP contribution in [0.1, 0.15) is 40.9 Å². The Bertz CT molecular complexity index is 1210. The highest BCUT2D eigenvalue weighted by molar-refractivity contribution is 6.00. The Kier molecular flexibility index (Phi) is 10.4. The average Bonchev–Trinajstić information content (AvgIpc) is 2.90. The highest BCUT2D eigenvalue weighted by Gasteiger charge is 2.40. The molecule has 3 rings (SSSR count). The summed E-state index contributed by atoms with van der Waals surface area (Å²) in [6.45, 7) is 2.64. The maximum atomic E-state index is 13.0. The molecule has 1 aliphatic rings. The van der Waals surface area contributed by atoms with Crippen molar-refractivity contribution in [1.82, 2.24) is 19.8 Å². The molecule has 1 saturated carbocycles. The van der Waals surface area contributed by atoms with Crippen LogP contribution in [0.3, 0.4) is 0 Å². The van der Waals surface area contributed by atoms with Crippen molar-refractivity contribution in [3.05, 3.63) is 41.2 Å². The van der Waals surface area contributed by atoms with Gasteiger partial charge in [0.15, 0.2) is 6.29 Å². The van der Waals surface area contributed by atoms with E-state index in [9.17, 15) is 19.6 Å². The minimum atomic E-state index is -0.527. The fourth-order valence-electron chi connectivity index (χ4n) is 4.16. The van der Waals surface area contributed by atoms with E-state index in [1.165, 1.54) is 24.2 Å². The van der Waals surface area contributed by atoms with Gasteiger partial charge in [0, 0.05) is 39.9 Å². The minimum Gasteiger partial charge on any atom is -0.483 e. The number of aromatic nitrogens is 2. The van der Waals surface area contributed by atoms with E-state index in [0.717, 1.165) is 31.1 Å². The molecule has 2 amide bonds. The van der Waals surface area contributed by atoms with E-state index < -0.39 is 11.6 Å². The van der Waals surface area contributed by atoms with E-state index in [-0.39, 0.29) is 22.9 Å². The van der Waals surface area contributed by atoms with Gasteiger partial charge in [0.25, 0.3) is 0 Å². The Morgan fingerprint density at radius 1 is 1.21 bits per heavy atom. The molecule has 12 heteroatoms. The first-order valence-corrected chi connectivity index (χ1v) is 12.6. The number of carbonyl (C=O) groups excluding carboxylic acids is 3. The van der Waals surface area contributed by atoms with Crippen LogP contribution in [0.15, 0.2) is 24.4 Å². The summed E-state index contributed by atoms with van der Waals surface area (Å²) in [5.41, 5.74) is 0.726. The van der Waals surface area contributed by atoms with Crippen LogP contribution in [-0.4, -0.2) is 98.5 Å². The molecule has 0 aliphatic heterocycles.